The van der Waals surface area contributed by atoms with Crippen molar-refractivity contribution < 1.29 is 15.0 Å². The summed E-state index contributed by atoms with van der Waals surface area (Å²) in [5.74, 6) is 0.681. The lowest BCUT2D eigenvalue weighted by molar-refractivity contribution is -0.742. The minimum absolute atomic E-state index is 0.0280. The predicted molar refractivity (Wildman–Crippen MR) is 107 cm³/mol. The molecule has 1 atom stereocenters. The van der Waals surface area contributed by atoms with Gasteiger partial charge in [0.15, 0.2) is 0 Å². The summed E-state index contributed by atoms with van der Waals surface area (Å²) in [6, 6.07) is 12.9. The molecular weight excluding hydrogens is 429 g/mol. The Kier molecular flexibility index (Phi) is 8.38. The zero-order valence-corrected chi connectivity index (χ0v) is 16.7. The Bertz CT molecular complexity index is 903. The smallest absolute Gasteiger partial charge is 0.291 e. The highest BCUT2D eigenvalue weighted by atomic mass is 35.5. The van der Waals surface area contributed by atoms with Crippen LogP contribution < -0.4 is 4.74 Å². The first-order valence-corrected chi connectivity index (χ1v) is 9.11. The summed E-state index contributed by atoms with van der Waals surface area (Å²) in [6.45, 7) is 1.12. The second kappa shape index (κ2) is 10.8. The standard InChI is InChI=1S/C18H15Cl3N2O.HNO3/c19-14-5-6-15(17(21)9-14)13(10-23-8-7-22-12-23)11-24-18-4-2-1-3-16(18)20;2-1(3)4/h1-9,12-13H,10-11H2;(H,2,3,4). The number of nitrogens with zero attached hydrogens (tertiary/aromatic N) is 3. The third-order valence-electron chi connectivity index (χ3n) is 3.67. The van der Waals surface area contributed by atoms with E-state index >= 15 is 0 Å². The molecule has 3 rings (SSSR count). The Labute approximate surface area is 176 Å². The molecule has 3 aromatic rings. The first-order valence-electron chi connectivity index (χ1n) is 7.98. The van der Waals surface area contributed by atoms with Gasteiger partial charge in [0, 0.05) is 34.9 Å². The number of halogens is 3. The van der Waals surface area contributed by atoms with Gasteiger partial charge in [0.1, 0.15) is 5.75 Å². The molecular formula is C18H16Cl3N3O4. The molecule has 1 N–H and O–H groups in total. The van der Waals surface area contributed by atoms with Gasteiger partial charge in [0.25, 0.3) is 5.09 Å². The van der Waals surface area contributed by atoms with Gasteiger partial charge in [-0.25, -0.2) is 4.98 Å². The SMILES string of the molecule is Clc1ccc(C(COc2ccccc2Cl)Cn2ccnc2)c(Cl)c1.O=[N+]([O-])O. The molecule has 10 heteroatoms. The van der Waals surface area contributed by atoms with Gasteiger partial charge < -0.3 is 14.5 Å². The van der Waals surface area contributed by atoms with Gasteiger partial charge in [-0.15, -0.1) is 10.1 Å². The third-order valence-corrected chi connectivity index (χ3v) is 4.54. The molecule has 0 saturated heterocycles. The van der Waals surface area contributed by atoms with E-state index in [0.29, 0.717) is 34.0 Å². The van der Waals surface area contributed by atoms with Crippen molar-refractivity contribution >= 4 is 34.8 Å². The van der Waals surface area contributed by atoms with Gasteiger partial charge in [-0.2, -0.15) is 0 Å². The van der Waals surface area contributed by atoms with Crippen LogP contribution in [0.4, 0.5) is 0 Å². The van der Waals surface area contributed by atoms with E-state index in [1.54, 1.807) is 24.7 Å². The van der Waals surface area contributed by atoms with E-state index in [0.717, 1.165) is 5.56 Å². The Morgan fingerprint density at radius 2 is 1.89 bits per heavy atom. The van der Waals surface area contributed by atoms with Crippen molar-refractivity contribution in [3.63, 3.8) is 0 Å². The lowest BCUT2D eigenvalue weighted by Crippen LogP contribution is -2.17. The number of para-hydroxylation sites is 1. The lowest BCUT2D eigenvalue weighted by atomic mass is 9.99. The highest BCUT2D eigenvalue weighted by molar-refractivity contribution is 6.35. The van der Waals surface area contributed by atoms with Crippen molar-refractivity contribution in [1.82, 2.24) is 9.55 Å². The average molecular weight is 445 g/mol. The first kappa shape index (κ1) is 21.8. The molecule has 0 fully saturated rings. The Morgan fingerprint density at radius 1 is 1.18 bits per heavy atom. The van der Waals surface area contributed by atoms with Crippen LogP contribution in [0.15, 0.2) is 61.2 Å². The van der Waals surface area contributed by atoms with E-state index in [-0.39, 0.29) is 5.92 Å². The molecule has 148 valence electrons. The number of benzene rings is 2. The maximum Gasteiger partial charge on any atom is 0.291 e. The van der Waals surface area contributed by atoms with E-state index < -0.39 is 5.09 Å². The molecule has 0 aliphatic carbocycles. The Balaban J connectivity index is 0.000000640. The van der Waals surface area contributed by atoms with Crippen molar-refractivity contribution in [3.8, 4) is 5.75 Å². The van der Waals surface area contributed by atoms with Crippen molar-refractivity contribution in [3.05, 3.63) is 91.9 Å². The summed E-state index contributed by atoms with van der Waals surface area (Å²) in [5, 5.41) is 15.5. The average Bonchev–Trinajstić information content (AvgIpc) is 3.13. The van der Waals surface area contributed by atoms with Gasteiger partial charge >= 0.3 is 0 Å². The van der Waals surface area contributed by atoms with Crippen LogP contribution in [-0.4, -0.2) is 26.5 Å². The maximum absolute atomic E-state index is 8.36. The van der Waals surface area contributed by atoms with Crippen LogP contribution in [0.5, 0.6) is 5.75 Å². The minimum atomic E-state index is -1.50. The van der Waals surface area contributed by atoms with Crippen molar-refractivity contribution in [2.24, 2.45) is 0 Å². The van der Waals surface area contributed by atoms with Crippen LogP contribution in [0.25, 0.3) is 0 Å². The highest BCUT2D eigenvalue weighted by Crippen LogP contribution is 2.31. The predicted octanol–water partition coefficient (Wildman–Crippen LogP) is 5.36. The van der Waals surface area contributed by atoms with E-state index in [1.165, 1.54) is 0 Å². The van der Waals surface area contributed by atoms with Crippen molar-refractivity contribution in [2.45, 2.75) is 12.5 Å². The van der Waals surface area contributed by atoms with Crippen molar-refractivity contribution in [2.75, 3.05) is 6.61 Å². The number of rotatable bonds is 6. The fourth-order valence-electron chi connectivity index (χ4n) is 2.47. The van der Waals surface area contributed by atoms with Crippen LogP contribution in [0.1, 0.15) is 11.5 Å². The van der Waals surface area contributed by atoms with Gasteiger partial charge in [-0.1, -0.05) is 53.0 Å². The van der Waals surface area contributed by atoms with Gasteiger partial charge in [0.05, 0.1) is 18.0 Å². The van der Waals surface area contributed by atoms with Gasteiger partial charge in [-0.05, 0) is 29.8 Å². The Hall–Kier alpha value is -2.48. The largest absolute Gasteiger partial charge is 0.491 e. The van der Waals surface area contributed by atoms with E-state index in [9.17, 15) is 0 Å². The second-order valence-corrected chi connectivity index (χ2v) is 6.85. The summed E-state index contributed by atoms with van der Waals surface area (Å²) in [5.41, 5.74) is 0.974. The zero-order valence-electron chi connectivity index (χ0n) is 14.4. The second-order valence-electron chi connectivity index (χ2n) is 5.60. The first-order chi connectivity index (χ1) is 13.4. The number of imidazole rings is 1. The number of ether oxygens (including phenoxy) is 1. The monoisotopic (exact) mass is 443 g/mol. The molecule has 0 bridgehead atoms. The fraction of sp³-hybridized carbons (Fsp3) is 0.167. The summed E-state index contributed by atoms with van der Waals surface area (Å²) in [6.07, 6.45) is 5.42. The third kappa shape index (κ3) is 6.92. The zero-order chi connectivity index (χ0) is 20.5. The molecule has 0 radical (unpaired) electrons. The Morgan fingerprint density at radius 3 is 2.50 bits per heavy atom. The van der Waals surface area contributed by atoms with Crippen LogP contribution in [0.3, 0.4) is 0 Å². The van der Waals surface area contributed by atoms with E-state index in [2.05, 4.69) is 4.98 Å². The molecule has 1 heterocycles. The van der Waals surface area contributed by atoms with Gasteiger partial charge in [-0.3, -0.25) is 0 Å². The lowest BCUT2D eigenvalue weighted by Gasteiger charge is -2.20. The topological polar surface area (TPSA) is 90.4 Å². The fourth-order valence-corrected chi connectivity index (χ4v) is 3.23. The number of hydrogen-bond acceptors (Lipinski definition) is 4. The van der Waals surface area contributed by atoms with E-state index in [1.807, 2.05) is 41.1 Å². The van der Waals surface area contributed by atoms with Crippen LogP contribution in [-0.2, 0) is 6.54 Å². The van der Waals surface area contributed by atoms with Crippen LogP contribution in [0, 0.1) is 10.1 Å². The molecule has 2 aromatic carbocycles. The summed E-state index contributed by atoms with van der Waals surface area (Å²) < 4.78 is 7.92. The molecule has 0 amide bonds. The molecule has 1 unspecified atom stereocenters. The van der Waals surface area contributed by atoms with E-state index in [4.69, 9.17) is 54.9 Å². The molecule has 28 heavy (non-hydrogen) atoms. The summed E-state index contributed by atoms with van der Waals surface area (Å²) >= 11 is 18.6. The molecule has 0 aliphatic heterocycles. The number of aromatic nitrogens is 2. The quantitative estimate of drug-likeness (QED) is 0.408. The molecule has 7 nitrogen and oxygen atoms in total. The van der Waals surface area contributed by atoms with Crippen LogP contribution in [0.2, 0.25) is 15.1 Å². The maximum atomic E-state index is 8.36. The molecule has 0 aliphatic rings. The summed E-state index contributed by atoms with van der Waals surface area (Å²) in [7, 11) is 0. The highest BCUT2D eigenvalue weighted by Gasteiger charge is 2.17. The molecule has 0 saturated carbocycles. The van der Waals surface area contributed by atoms with Gasteiger partial charge in [0.2, 0.25) is 0 Å². The van der Waals surface area contributed by atoms with Crippen LogP contribution >= 0.6 is 34.8 Å². The molecule has 1 aromatic heterocycles. The number of hydrogen-bond donors (Lipinski definition) is 1. The normalized spacial score (nSPS) is 11.2. The van der Waals surface area contributed by atoms with Crippen molar-refractivity contribution in [1.29, 1.82) is 0 Å². The minimum Gasteiger partial charge on any atom is -0.491 e. The summed E-state index contributed by atoms with van der Waals surface area (Å²) in [4.78, 5) is 12.4. The molecule has 0 spiro atoms.